The minimum atomic E-state index is -4.36. The van der Waals surface area contributed by atoms with Gasteiger partial charge in [-0.1, -0.05) is 30.3 Å². The van der Waals surface area contributed by atoms with Gasteiger partial charge in [0, 0.05) is 13.1 Å². The SMILES string of the molecule is OCCN(CC(O)COCc1ccccc1)CC(F)(F)F. The van der Waals surface area contributed by atoms with Crippen molar-refractivity contribution in [3.8, 4) is 0 Å². The van der Waals surface area contributed by atoms with Crippen molar-refractivity contribution in [1.82, 2.24) is 4.90 Å². The summed E-state index contributed by atoms with van der Waals surface area (Å²) >= 11 is 0. The van der Waals surface area contributed by atoms with E-state index in [1.54, 1.807) is 0 Å². The maximum Gasteiger partial charge on any atom is 0.401 e. The maximum absolute atomic E-state index is 12.3. The van der Waals surface area contributed by atoms with Crippen LogP contribution in [0.1, 0.15) is 5.56 Å². The normalized spacial score (nSPS) is 13.6. The number of halogens is 3. The number of alkyl halides is 3. The number of aliphatic hydroxyl groups is 2. The van der Waals surface area contributed by atoms with Gasteiger partial charge in [-0.2, -0.15) is 13.2 Å². The highest BCUT2D eigenvalue weighted by Gasteiger charge is 2.31. The molecule has 0 spiro atoms. The Labute approximate surface area is 121 Å². The topological polar surface area (TPSA) is 52.9 Å². The number of benzene rings is 1. The molecule has 1 rings (SSSR count). The van der Waals surface area contributed by atoms with Crippen molar-refractivity contribution in [2.75, 3.05) is 32.8 Å². The van der Waals surface area contributed by atoms with E-state index in [2.05, 4.69) is 0 Å². The third-order valence-electron chi connectivity index (χ3n) is 2.71. The molecule has 0 saturated carbocycles. The van der Waals surface area contributed by atoms with Gasteiger partial charge in [0.2, 0.25) is 0 Å². The zero-order chi connectivity index (χ0) is 15.7. The molecule has 2 N–H and O–H groups in total. The molecular formula is C14H20F3NO3. The summed E-state index contributed by atoms with van der Waals surface area (Å²) in [5.74, 6) is 0. The summed E-state index contributed by atoms with van der Waals surface area (Å²) in [6, 6.07) is 9.27. The highest BCUT2D eigenvalue weighted by molar-refractivity contribution is 5.13. The molecule has 1 atom stereocenters. The molecule has 0 heterocycles. The molecule has 0 aliphatic rings. The fourth-order valence-electron chi connectivity index (χ4n) is 1.87. The molecule has 0 amide bonds. The Kier molecular flexibility index (Phi) is 7.66. The van der Waals surface area contributed by atoms with Gasteiger partial charge in [0.05, 0.1) is 32.5 Å². The van der Waals surface area contributed by atoms with Crippen LogP contribution in [0.4, 0.5) is 13.2 Å². The van der Waals surface area contributed by atoms with Crippen molar-refractivity contribution in [3.05, 3.63) is 35.9 Å². The molecule has 0 aromatic heterocycles. The molecule has 7 heteroatoms. The predicted molar refractivity (Wildman–Crippen MR) is 71.7 cm³/mol. The average Bonchev–Trinajstić information content (AvgIpc) is 2.38. The molecule has 1 unspecified atom stereocenters. The summed E-state index contributed by atoms with van der Waals surface area (Å²) in [4.78, 5) is 0.955. The summed E-state index contributed by atoms with van der Waals surface area (Å²) in [6.45, 7) is -1.67. The number of ether oxygens (including phenoxy) is 1. The van der Waals surface area contributed by atoms with Crippen LogP contribution < -0.4 is 0 Å². The van der Waals surface area contributed by atoms with Crippen LogP contribution in [-0.4, -0.2) is 60.2 Å². The molecule has 0 aliphatic heterocycles. The van der Waals surface area contributed by atoms with Gasteiger partial charge in [-0.15, -0.1) is 0 Å². The first-order valence-corrected chi connectivity index (χ1v) is 6.60. The van der Waals surface area contributed by atoms with E-state index in [0.717, 1.165) is 10.5 Å². The highest BCUT2D eigenvalue weighted by atomic mass is 19.4. The lowest BCUT2D eigenvalue weighted by molar-refractivity contribution is -0.150. The largest absolute Gasteiger partial charge is 0.401 e. The van der Waals surface area contributed by atoms with E-state index in [1.807, 2.05) is 30.3 Å². The van der Waals surface area contributed by atoms with E-state index < -0.39 is 25.4 Å². The van der Waals surface area contributed by atoms with Crippen molar-refractivity contribution in [3.63, 3.8) is 0 Å². The minimum absolute atomic E-state index is 0.0608. The van der Waals surface area contributed by atoms with E-state index in [4.69, 9.17) is 9.84 Å². The Morgan fingerprint density at radius 1 is 1.19 bits per heavy atom. The summed E-state index contributed by atoms with van der Waals surface area (Å²) in [5, 5.41) is 18.5. The second-order valence-corrected chi connectivity index (χ2v) is 4.73. The third-order valence-corrected chi connectivity index (χ3v) is 2.71. The Bertz CT molecular complexity index is 387. The lowest BCUT2D eigenvalue weighted by atomic mass is 10.2. The Morgan fingerprint density at radius 2 is 1.86 bits per heavy atom. The monoisotopic (exact) mass is 307 g/mol. The van der Waals surface area contributed by atoms with Crippen molar-refractivity contribution in [2.24, 2.45) is 0 Å². The molecule has 0 bridgehead atoms. The first-order chi connectivity index (χ1) is 9.90. The lowest BCUT2D eigenvalue weighted by Gasteiger charge is -2.25. The van der Waals surface area contributed by atoms with Crippen LogP contribution in [0.5, 0.6) is 0 Å². The van der Waals surface area contributed by atoms with Crippen LogP contribution in [-0.2, 0) is 11.3 Å². The average molecular weight is 307 g/mol. The summed E-state index contributed by atoms with van der Waals surface area (Å²) in [6.07, 6.45) is -5.40. The molecule has 21 heavy (non-hydrogen) atoms. The quantitative estimate of drug-likeness (QED) is 0.724. The molecule has 120 valence electrons. The number of hydrogen-bond acceptors (Lipinski definition) is 4. The summed E-state index contributed by atoms with van der Waals surface area (Å²) in [5.41, 5.74) is 0.923. The first kappa shape index (κ1) is 17.9. The second kappa shape index (κ2) is 8.99. The zero-order valence-corrected chi connectivity index (χ0v) is 11.6. The second-order valence-electron chi connectivity index (χ2n) is 4.73. The smallest absolute Gasteiger partial charge is 0.395 e. The van der Waals surface area contributed by atoms with Crippen molar-refractivity contribution in [1.29, 1.82) is 0 Å². The lowest BCUT2D eigenvalue weighted by Crippen LogP contribution is -2.42. The van der Waals surface area contributed by atoms with Gasteiger partial charge in [-0.3, -0.25) is 4.90 Å². The highest BCUT2D eigenvalue weighted by Crippen LogP contribution is 2.16. The number of rotatable bonds is 9. The molecule has 0 saturated heterocycles. The molecule has 0 aliphatic carbocycles. The van der Waals surface area contributed by atoms with Crippen LogP contribution in [0.2, 0.25) is 0 Å². The van der Waals surface area contributed by atoms with Crippen LogP contribution >= 0.6 is 0 Å². The van der Waals surface area contributed by atoms with E-state index in [9.17, 15) is 18.3 Å². The number of nitrogens with zero attached hydrogens (tertiary/aromatic N) is 1. The zero-order valence-electron chi connectivity index (χ0n) is 11.6. The number of hydrogen-bond donors (Lipinski definition) is 2. The van der Waals surface area contributed by atoms with Gasteiger partial charge in [-0.05, 0) is 5.56 Å². The van der Waals surface area contributed by atoms with E-state index in [0.29, 0.717) is 0 Å². The predicted octanol–water partition coefficient (Wildman–Crippen LogP) is 1.42. The fourth-order valence-corrected chi connectivity index (χ4v) is 1.87. The minimum Gasteiger partial charge on any atom is -0.395 e. The summed E-state index contributed by atoms with van der Waals surface area (Å²) in [7, 11) is 0. The Morgan fingerprint density at radius 3 is 2.43 bits per heavy atom. The van der Waals surface area contributed by atoms with Crippen molar-refractivity contribution < 1.29 is 28.1 Å². The molecular weight excluding hydrogens is 287 g/mol. The van der Waals surface area contributed by atoms with Crippen LogP contribution in [0.3, 0.4) is 0 Å². The fraction of sp³-hybridized carbons (Fsp3) is 0.571. The van der Waals surface area contributed by atoms with E-state index in [1.165, 1.54) is 0 Å². The van der Waals surface area contributed by atoms with Crippen molar-refractivity contribution >= 4 is 0 Å². The molecule has 1 aromatic carbocycles. The molecule has 4 nitrogen and oxygen atoms in total. The molecule has 0 fully saturated rings. The van der Waals surface area contributed by atoms with Gasteiger partial charge in [-0.25, -0.2) is 0 Å². The van der Waals surface area contributed by atoms with Gasteiger partial charge in [0.25, 0.3) is 0 Å². The molecule has 0 radical (unpaired) electrons. The summed E-state index contributed by atoms with van der Waals surface area (Å²) < 4.78 is 42.2. The van der Waals surface area contributed by atoms with Gasteiger partial charge < -0.3 is 14.9 Å². The van der Waals surface area contributed by atoms with Gasteiger partial charge >= 0.3 is 6.18 Å². The van der Waals surface area contributed by atoms with E-state index in [-0.39, 0.29) is 26.3 Å². The number of aliphatic hydroxyl groups excluding tert-OH is 2. The van der Waals surface area contributed by atoms with Crippen molar-refractivity contribution in [2.45, 2.75) is 18.9 Å². The standard InChI is InChI=1S/C14H20F3NO3/c15-14(16,17)11-18(6-7-19)8-13(20)10-21-9-12-4-2-1-3-5-12/h1-5,13,19-20H,6-11H2. The Hall–Kier alpha value is -1.15. The molecule has 1 aromatic rings. The third kappa shape index (κ3) is 8.67. The Balaban J connectivity index is 2.31. The van der Waals surface area contributed by atoms with Crippen LogP contribution in [0.15, 0.2) is 30.3 Å². The van der Waals surface area contributed by atoms with Crippen LogP contribution in [0, 0.1) is 0 Å². The van der Waals surface area contributed by atoms with Crippen LogP contribution in [0.25, 0.3) is 0 Å². The van der Waals surface area contributed by atoms with E-state index >= 15 is 0 Å². The van der Waals surface area contributed by atoms with Gasteiger partial charge in [0.15, 0.2) is 0 Å². The maximum atomic E-state index is 12.3. The first-order valence-electron chi connectivity index (χ1n) is 6.60. The van der Waals surface area contributed by atoms with Gasteiger partial charge in [0.1, 0.15) is 0 Å².